The first kappa shape index (κ1) is 12.2. The molecular weight excluding hydrogens is 213 g/mol. The normalized spacial score (nSPS) is 9.50. The summed E-state index contributed by atoms with van der Waals surface area (Å²) < 4.78 is 23.5. The SMILES string of the molecule is COc1c(F)cc(C)c(CN=C=O)c1OC. The van der Waals surface area contributed by atoms with E-state index in [1.807, 2.05) is 0 Å². The standard InChI is InChI=1S/C11H12FNO3/c1-7-4-9(12)11(16-3)10(15-2)8(7)5-13-6-14/h4H,5H2,1-3H3. The number of aliphatic imine (C=N–C) groups is 1. The van der Waals surface area contributed by atoms with Crippen LogP contribution in [0.1, 0.15) is 11.1 Å². The Morgan fingerprint density at radius 3 is 2.50 bits per heavy atom. The smallest absolute Gasteiger partial charge is 0.235 e. The highest BCUT2D eigenvalue weighted by Gasteiger charge is 2.17. The molecule has 0 amide bonds. The van der Waals surface area contributed by atoms with Crippen LogP contribution in [0.15, 0.2) is 11.1 Å². The predicted molar refractivity (Wildman–Crippen MR) is 56.1 cm³/mol. The number of rotatable bonds is 4. The summed E-state index contributed by atoms with van der Waals surface area (Å²) in [6.07, 6.45) is 1.43. The highest BCUT2D eigenvalue weighted by Crippen LogP contribution is 2.36. The molecule has 0 atom stereocenters. The Balaban J connectivity index is 3.38. The number of benzene rings is 1. The summed E-state index contributed by atoms with van der Waals surface area (Å²) in [4.78, 5) is 13.5. The molecular formula is C11H12FNO3. The van der Waals surface area contributed by atoms with Gasteiger partial charge in [-0.3, -0.25) is 0 Å². The van der Waals surface area contributed by atoms with Crippen LogP contribution >= 0.6 is 0 Å². The summed E-state index contributed by atoms with van der Waals surface area (Å²) in [6, 6.07) is 1.32. The van der Waals surface area contributed by atoms with E-state index in [1.54, 1.807) is 6.92 Å². The summed E-state index contributed by atoms with van der Waals surface area (Å²) in [7, 11) is 2.76. The largest absolute Gasteiger partial charge is 0.492 e. The van der Waals surface area contributed by atoms with Crippen LogP contribution in [0.5, 0.6) is 11.5 Å². The van der Waals surface area contributed by atoms with Crippen LogP contribution in [0.3, 0.4) is 0 Å². The fourth-order valence-corrected chi connectivity index (χ4v) is 1.48. The first-order valence-electron chi connectivity index (χ1n) is 4.59. The highest BCUT2D eigenvalue weighted by molar-refractivity contribution is 5.52. The molecule has 4 nitrogen and oxygen atoms in total. The number of isocyanates is 1. The number of hydrogen-bond donors (Lipinski definition) is 0. The van der Waals surface area contributed by atoms with Crippen molar-refractivity contribution < 1.29 is 18.7 Å². The first-order chi connectivity index (χ1) is 7.65. The van der Waals surface area contributed by atoms with Gasteiger partial charge in [0.1, 0.15) is 0 Å². The van der Waals surface area contributed by atoms with Crippen LogP contribution in [0.4, 0.5) is 4.39 Å². The zero-order valence-electron chi connectivity index (χ0n) is 9.33. The number of halogens is 1. The number of carbonyl (C=O) groups excluding carboxylic acids is 1. The van der Waals surface area contributed by atoms with Crippen LogP contribution < -0.4 is 9.47 Å². The average Bonchev–Trinajstić information content (AvgIpc) is 2.27. The second-order valence-electron chi connectivity index (χ2n) is 3.13. The monoisotopic (exact) mass is 225 g/mol. The van der Waals surface area contributed by atoms with Crippen LogP contribution in [-0.2, 0) is 11.3 Å². The molecule has 0 aliphatic rings. The minimum absolute atomic E-state index is 0.0178. The van der Waals surface area contributed by atoms with Crippen LogP contribution in [0.2, 0.25) is 0 Å². The lowest BCUT2D eigenvalue weighted by Crippen LogP contribution is -2.00. The third-order valence-electron chi connectivity index (χ3n) is 2.23. The topological polar surface area (TPSA) is 47.9 Å². The van der Waals surface area contributed by atoms with Crippen molar-refractivity contribution in [1.29, 1.82) is 0 Å². The first-order valence-corrected chi connectivity index (χ1v) is 4.59. The van der Waals surface area contributed by atoms with Crippen molar-refractivity contribution in [3.8, 4) is 11.5 Å². The molecule has 0 bridgehead atoms. The van der Waals surface area contributed by atoms with Gasteiger partial charge in [0.05, 0.1) is 20.8 Å². The van der Waals surface area contributed by atoms with Crippen molar-refractivity contribution >= 4 is 6.08 Å². The second-order valence-corrected chi connectivity index (χ2v) is 3.13. The van der Waals surface area contributed by atoms with Gasteiger partial charge in [-0.2, -0.15) is 0 Å². The predicted octanol–water partition coefficient (Wildman–Crippen LogP) is 1.99. The van der Waals surface area contributed by atoms with Crippen LogP contribution in [0.25, 0.3) is 0 Å². The zero-order chi connectivity index (χ0) is 12.1. The number of methoxy groups -OCH3 is 2. The van der Waals surface area contributed by atoms with Crippen molar-refractivity contribution in [2.45, 2.75) is 13.5 Å². The number of nitrogens with zero attached hydrogens (tertiary/aromatic N) is 1. The van der Waals surface area contributed by atoms with Gasteiger partial charge < -0.3 is 9.47 Å². The van der Waals surface area contributed by atoms with Gasteiger partial charge in [-0.25, -0.2) is 14.2 Å². The zero-order valence-corrected chi connectivity index (χ0v) is 9.33. The van der Waals surface area contributed by atoms with Gasteiger partial charge in [0.15, 0.2) is 17.3 Å². The fourth-order valence-electron chi connectivity index (χ4n) is 1.48. The molecule has 0 aliphatic heterocycles. The molecule has 0 radical (unpaired) electrons. The Bertz CT molecular complexity index is 439. The van der Waals surface area contributed by atoms with Gasteiger partial charge in [-0.1, -0.05) is 0 Å². The van der Waals surface area contributed by atoms with Gasteiger partial charge in [0, 0.05) is 5.56 Å². The summed E-state index contributed by atoms with van der Waals surface area (Å²) >= 11 is 0. The lowest BCUT2D eigenvalue weighted by Gasteiger charge is -2.14. The average molecular weight is 225 g/mol. The van der Waals surface area contributed by atoms with Crippen molar-refractivity contribution in [1.82, 2.24) is 0 Å². The van der Waals surface area contributed by atoms with Crippen molar-refractivity contribution in [2.75, 3.05) is 14.2 Å². The Labute approximate surface area is 92.7 Å². The second kappa shape index (κ2) is 5.28. The quantitative estimate of drug-likeness (QED) is 0.581. The van der Waals surface area contributed by atoms with E-state index in [9.17, 15) is 9.18 Å². The van der Waals surface area contributed by atoms with E-state index in [1.165, 1.54) is 26.4 Å². The molecule has 0 saturated heterocycles. The lowest BCUT2D eigenvalue weighted by atomic mass is 10.1. The summed E-state index contributed by atoms with van der Waals surface area (Å²) in [6.45, 7) is 1.80. The van der Waals surface area contributed by atoms with Gasteiger partial charge in [0.25, 0.3) is 0 Å². The molecule has 0 unspecified atom stereocenters. The number of hydrogen-bond acceptors (Lipinski definition) is 4. The maximum Gasteiger partial charge on any atom is 0.235 e. The number of ether oxygens (including phenoxy) is 2. The van der Waals surface area contributed by atoms with Gasteiger partial charge in [0.2, 0.25) is 6.08 Å². The molecule has 0 saturated carbocycles. The highest BCUT2D eigenvalue weighted by atomic mass is 19.1. The third kappa shape index (κ3) is 2.20. The van der Waals surface area contributed by atoms with Crippen LogP contribution in [0, 0.1) is 12.7 Å². The van der Waals surface area contributed by atoms with Gasteiger partial charge >= 0.3 is 0 Å². The van der Waals surface area contributed by atoms with E-state index in [4.69, 9.17) is 9.47 Å². The maximum absolute atomic E-state index is 13.5. The van der Waals surface area contributed by atoms with Gasteiger partial charge in [-0.15, -0.1) is 0 Å². The van der Waals surface area contributed by atoms with E-state index in [2.05, 4.69) is 4.99 Å². The maximum atomic E-state index is 13.5. The molecule has 0 aromatic heterocycles. The van der Waals surface area contributed by atoms with E-state index >= 15 is 0 Å². The fraction of sp³-hybridized carbons (Fsp3) is 0.364. The van der Waals surface area contributed by atoms with Gasteiger partial charge in [-0.05, 0) is 18.6 Å². The molecule has 1 aromatic rings. The minimum atomic E-state index is -0.504. The molecule has 0 heterocycles. The third-order valence-corrected chi connectivity index (χ3v) is 2.23. The summed E-state index contributed by atoms with van der Waals surface area (Å²) in [5, 5.41) is 0. The van der Waals surface area contributed by atoms with E-state index < -0.39 is 5.82 Å². The lowest BCUT2D eigenvalue weighted by molar-refractivity contribution is 0.334. The van der Waals surface area contributed by atoms with Crippen molar-refractivity contribution in [2.24, 2.45) is 4.99 Å². The Morgan fingerprint density at radius 1 is 1.38 bits per heavy atom. The Morgan fingerprint density at radius 2 is 2.00 bits per heavy atom. The van der Waals surface area contributed by atoms with E-state index in [0.29, 0.717) is 11.1 Å². The minimum Gasteiger partial charge on any atom is -0.492 e. The van der Waals surface area contributed by atoms with Crippen LogP contribution in [-0.4, -0.2) is 20.3 Å². The number of aryl methyl sites for hydroxylation is 1. The molecule has 1 aromatic carbocycles. The molecule has 0 fully saturated rings. The molecule has 16 heavy (non-hydrogen) atoms. The van der Waals surface area contributed by atoms with E-state index in [0.717, 1.165) is 0 Å². The van der Waals surface area contributed by atoms with Crippen molar-refractivity contribution in [3.05, 3.63) is 23.0 Å². The molecule has 86 valence electrons. The Kier molecular flexibility index (Phi) is 4.03. The molecule has 0 spiro atoms. The van der Waals surface area contributed by atoms with Crippen molar-refractivity contribution in [3.63, 3.8) is 0 Å². The Hall–Kier alpha value is -1.87. The summed E-state index contributed by atoms with van der Waals surface area (Å²) in [5.74, 6) is -0.223. The molecule has 0 aliphatic carbocycles. The molecule has 5 heteroatoms. The molecule has 0 N–H and O–H groups in total. The molecule has 1 rings (SSSR count). The summed E-state index contributed by atoms with van der Waals surface area (Å²) in [5.41, 5.74) is 1.26. The van der Waals surface area contributed by atoms with E-state index in [-0.39, 0.29) is 18.0 Å².